The van der Waals surface area contributed by atoms with Crippen molar-refractivity contribution in [2.24, 2.45) is 11.1 Å². The fourth-order valence-electron chi connectivity index (χ4n) is 2.31. The van der Waals surface area contributed by atoms with Gasteiger partial charge in [-0.05, 0) is 26.7 Å². The van der Waals surface area contributed by atoms with Crippen LogP contribution in [0.4, 0.5) is 5.13 Å². The van der Waals surface area contributed by atoms with Crippen LogP contribution in [0.15, 0.2) is 0 Å². The average molecular weight is 283 g/mol. The Bertz CT molecular complexity index is 470. The van der Waals surface area contributed by atoms with Crippen molar-refractivity contribution in [3.8, 4) is 0 Å². The van der Waals surface area contributed by atoms with Crippen LogP contribution in [0, 0.1) is 19.3 Å². The van der Waals surface area contributed by atoms with Crippen LogP contribution in [0.25, 0.3) is 0 Å². The van der Waals surface area contributed by atoms with E-state index in [4.69, 9.17) is 18.0 Å². The maximum atomic E-state index is 12.4. The maximum Gasteiger partial charge on any atom is 0.239 e. The molecule has 2 rings (SSSR count). The number of nitrogens with one attached hydrogen (secondary N) is 1. The number of thiocarbonyl (C=S) groups is 1. The molecular formula is C12H17N3OS2. The summed E-state index contributed by atoms with van der Waals surface area (Å²) in [5.74, 6) is -0.0961. The summed E-state index contributed by atoms with van der Waals surface area (Å²) in [7, 11) is 0. The van der Waals surface area contributed by atoms with Gasteiger partial charge in [0, 0.05) is 4.88 Å². The third-order valence-corrected chi connectivity index (χ3v) is 4.99. The van der Waals surface area contributed by atoms with E-state index >= 15 is 0 Å². The van der Waals surface area contributed by atoms with Gasteiger partial charge in [0.05, 0.1) is 16.1 Å². The van der Waals surface area contributed by atoms with Crippen LogP contribution in [0.1, 0.15) is 36.3 Å². The standard InChI is InChI=1S/C12H17N3OS2/c1-7-8(2)18-11(14-7)15-10(16)12(9(13)17)5-3-4-6-12/h3-6H2,1-2H3,(H2,13,17)(H,14,15,16). The minimum atomic E-state index is -0.664. The summed E-state index contributed by atoms with van der Waals surface area (Å²) >= 11 is 6.58. The van der Waals surface area contributed by atoms with Crippen molar-refractivity contribution in [2.45, 2.75) is 39.5 Å². The van der Waals surface area contributed by atoms with Gasteiger partial charge in [-0.25, -0.2) is 4.98 Å². The molecule has 4 nitrogen and oxygen atoms in total. The lowest BCUT2D eigenvalue weighted by Crippen LogP contribution is -2.43. The summed E-state index contributed by atoms with van der Waals surface area (Å²) in [6.07, 6.45) is 3.50. The highest BCUT2D eigenvalue weighted by atomic mass is 32.1. The Kier molecular flexibility index (Phi) is 3.68. The van der Waals surface area contributed by atoms with E-state index in [1.807, 2.05) is 13.8 Å². The lowest BCUT2D eigenvalue weighted by Gasteiger charge is -2.25. The molecule has 0 saturated heterocycles. The minimum absolute atomic E-state index is 0.0961. The molecule has 1 heterocycles. The number of nitrogens with zero attached hydrogens (tertiary/aromatic N) is 1. The van der Waals surface area contributed by atoms with E-state index < -0.39 is 5.41 Å². The molecule has 98 valence electrons. The highest BCUT2D eigenvalue weighted by molar-refractivity contribution is 7.80. The lowest BCUT2D eigenvalue weighted by atomic mass is 9.85. The summed E-state index contributed by atoms with van der Waals surface area (Å²) < 4.78 is 0. The molecular weight excluding hydrogens is 266 g/mol. The summed E-state index contributed by atoms with van der Waals surface area (Å²) in [4.78, 5) is 18.1. The van der Waals surface area contributed by atoms with Crippen LogP contribution in [0.5, 0.6) is 0 Å². The molecule has 1 aliphatic carbocycles. The number of anilines is 1. The van der Waals surface area contributed by atoms with Crippen molar-refractivity contribution in [3.63, 3.8) is 0 Å². The summed E-state index contributed by atoms with van der Waals surface area (Å²) in [5.41, 5.74) is 6.06. The number of rotatable bonds is 3. The molecule has 0 aliphatic heterocycles. The van der Waals surface area contributed by atoms with Gasteiger partial charge in [0.15, 0.2) is 5.13 Å². The van der Waals surface area contributed by atoms with Crippen molar-refractivity contribution < 1.29 is 4.79 Å². The second-order valence-electron chi connectivity index (χ2n) is 4.77. The van der Waals surface area contributed by atoms with E-state index in [0.29, 0.717) is 10.1 Å². The lowest BCUT2D eigenvalue weighted by molar-refractivity contribution is -0.122. The number of hydrogen-bond acceptors (Lipinski definition) is 4. The molecule has 3 N–H and O–H groups in total. The van der Waals surface area contributed by atoms with Gasteiger partial charge < -0.3 is 11.1 Å². The van der Waals surface area contributed by atoms with Crippen molar-refractivity contribution in [3.05, 3.63) is 10.6 Å². The highest BCUT2D eigenvalue weighted by Gasteiger charge is 2.44. The first-order valence-electron chi connectivity index (χ1n) is 6.01. The van der Waals surface area contributed by atoms with Crippen LogP contribution < -0.4 is 11.1 Å². The molecule has 1 aromatic heterocycles. The van der Waals surface area contributed by atoms with Crippen molar-refractivity contribution in [1.29, 1.82) is 0 Å². The van der Waals surface area contributed by atoms with Gasteiger partial charge in [0.25, 0.3) is 0 Å². The minimum Gasteiger partial charge on any atom is -0.392 e. The largest absolute Gasteiger partial charge is 0.392 e. The Hall–Kier alpha value is -1.01. The number of carbonyl (C=O) groups is 1. The molecule has 0 bridgehead atoms. The van der Waals surface area contributed by atoms with Crippen molar-refractivity contribution in [1.82, 2.24) is 4.98 Å². The van der Waals surface area contributed by atoms with Gasteiger partial charge in [-0.15, -0.1) is 11.3 Å². The quantitative estimate of drug-likeness (QED) is 0.837. The van der Waals surface area contributed by atoms with E-state index in [1.54, 1.807) is 0 Å². The normalized spacial score (nSPS) is 17.7. The molecule has 1 fully saturated rings. The molecule has 1 saturated carbocycles. The van der Waals surface area contributed by atoms with Crippen LogP contribution in [-0.4, -0.2) is 15.9 Å². The van der Waals surface area contributed by atoms with Gasteiger partial charge in [-0.2, -0.15) is 0 Å². The summed E-state index contributed by atoms with van der Waals surface area (Å²) in [6, 6.07) is 0. The van der Waals surface area contributed by atoms with Gasteiger partial charge >= 0.3 is 0 Å². The van der Waals surface area contributed by atoms with E-state index in [0.717, 1.165) is 36.3 Å². The first-order valence-corrected chi connectivity index (χ1v) is 7.23. The number of hydrogen-bond donors (Lipinski definition) is 2. The summed E-state index contributed by atoms with van der Waals surface area (Å²) in [5, 5.41) is 3.51. The maximum absolute atomic E-state index is 12.4. The first kappa shape index (κ1) is 13.4. The second-order valence-corrected chi connectivity index (χ2v) is 6.41. The fraction of sp³-hybridized carbons (Fsp3) is 0.583. The molecule has 18 heavy (non-hydrogen) atoms. The number of aryl methyl sites for hydroxylation is 2. The molecule has 0 unspecified atom stereocenters. The highest BCUT2D eigenvalue weighted by Crippen LogP contribution is 2.39. The van der Waals surface area contributed by atoms with E-state index in [1.165, 1.54) is 11.3 Å². The Labute approximate surface area is 116 Å². The zero-order valence-corrected chi connectivity index (χ0v) is 12.2. The Balaban J connectivity index is 2.18. The van der Waals surface area contributed by atoms with Gasteiger partial charge in [0.2, 0.25) is 5.91 Å². The van der Waals surface area contributed by atoms with Crippen molar-refractivity contribution in [2.75, 3.05) is 5.32 Å². The predicted molar refractivity (Wildman–Crippen MR) is 77.9 cm³/mol. The van der Waals surface area contributed by atoms with Gasteiger partial charge in [-0.3, -0.25) is 4.79 Å². The van der Waals surface area contributed by atoms with Crippen LogP contribution in [0.2, 0.25) is 0 Å². The van der Waals surface area contributed by atoms with E-state index in [2.05, 4.69) is 10.3 Å². The van der Waals surface area contributed by atoms with Gasteiger partial charge in [-0.1, -0.05) is 25.1 Å². The Morgan fingerprint density at radius 2 is 2.06 bits per heavy atom. The zero-order chi connectivity index (χ0) is 13.3. The third kappa shape index (κ3) is 2.27. The van der Waals surface area contributed by atoms with Crippen LogP contribution in [-0.2, 0) is 4.79 Å². The number of amides is 1. The molecule has 0 radical (unpaired) electrons. The van der Waals surface area contributed by atoms with E-state index in [-0.39, 0.29) is 5.91 Å². The monoisotopic (exact) mass is 283 g/mol. The Morgan fingerprint density at radius 1 is 1.44 bits per heavy atom. The predicted octanol–water partition coefficient (Wildman–Crippen LogP) is 2.54. The van der Waals surface area contributed by atoms with Crippen molar-refractivity contribution >= 4 is 39.6 Å². The number of aromatic nitrogens is 1. The molecule has 1 aromatic rings. The Morgan fingerprint density at radius 3 is 2.50 bits per heavy atom. The molecule has 1 aliphatic rings. The first-order chi connectivity index (χ1) is 8.45. The molecule has 1 amide bonds. The topological polar surface area (TPSA) is 68.0 Å². The van der Waals surface area contributed by atoms with Crippen LogP contribution >= 0.6 is 23.6 Å². The molecule has 6 heteroatoms. The number of carbonyl (C=O) groups excluding carboxylic acids is 1. The second kappa shape index (κ2) is 4.93. The third-order valence-electron chi connectivity index (χ3n) is 3.61. The number of thiazole rings is 1. The average Bonchev–Trinajstić information content (AvgIpc) is 2.87. The SMILES string of the molecule is Cc1nc(NC(=O)C2(C(N)=S)CCCC2)sc1C. The molecule has 0 aromatic carbocycles. The molecule has 0 atom stereocenters. The smallest absolute Gasteiger partial charge is 0.239 e. The number of nitrogens with two attached hydrogens (primary N) is 1. The van der Waals surface area contributed by atoms with Gasteiger partial charge in [0.1, 0.15) is 0 Å². The fourth-order valence-corrected chi connectivity index (χ4v) is 3.41. The molecule has 0 spiro atoms. The van der Waals surface area contributed by atoms with Crippen LogP contribution in [0.3, 0.4) is 0 Å². The zero-order valence-electron chi connectivity index (χ0n) is 10.6. The summed E-state index contributed by atoms with van der Waals surface area (Å²) in [6.45, 7) is 3.92. The van der Waals surface area contributed by atoms with E-state index in [9.17, 15) is 4.79 Å².